The van der Waals surface area contributed by atoms with Crippen LogP contribution in [0.1, 0.15) is 47.5 Å². The second-order valence-electron chi connectivity index (χ2n) is 4.93. The highest BCUT2D eigenvalue weighted by atomic mass is 16.2. The number of rotatable bonds is 6. The first kappa shape index (κ1) is 14.4. The van der Waals surface area contributed by atoms with Crippen molar-refractivity contribution < 1.29 is 4.79 Å². The highest BCUT2D eigenvalue weighted by Crippen LogP contribution is 2.17. The van der Waals surface area contributed by atoms with E-state index >= 15 is 0 Å². The van der Waals surface area contributed by atoms with Crippen molar-refractivity contribution in [2.45, 2.75) is 53.5 Å². The summed E-state index contributed by atoms with van der Waals surface area (Å²) >= 11 is 0. The molecule has 0 aromatic heterocycles. The molecule has 0 spiro atoms. The molecule has 0 aliphatic carbocycles. The van der Waals surface area contributed by atoms with E-state index < -0.39 is 5.41 Å². The van der Waals surface area contributed by atoms with Crippen molar-refractivity contribution in [3.8, 4) is 0 Å². The SMILES string of the molecule is CCC(CC)C(C)NC(=O)C(C)(C)CN. The molecule has 0 aliphatic heterocycles. The molecule has 0 aliphatic rings. The number of hydrogen-bond acceptors (Lipinski definition) is 2. The van der Waals surface area contributed by atoms with E-state index in [2.05, 4.69) is 26.1 Å². The Morgan fingerprint density at radius 1 is 1.33 bits per heavy atom. The lowest BCUT2D eigenvalue weighted by Gasteiger charge is -2.28. The van der Waals surface area contributed by atoms with E-state index in [0.29, 0.717) is 12.5 Å². The fraction of sp³-hybridized carbons (Fsp3) is 0.917. The Balaban J connectivity index is 4.29. The Bertz CT molecular complexity index is 198. The molecule has 1 unspecified atom stereocenters. The van der Waals surface area contributed by atoms with Crippen LogP contribution in [0, 0.1) is 11.3 Å². The highest BCUT2D eigenvalue weighted by molar-refractivity contribution is 5.82. The van der Waals surface area contributed by atoms with E-state index in [-0.39, 0.29) is 11.9 Å². The van der Waals surface area contributed by atoms with Crippen LogP contribution < -0.4 is 11.1 Å². The summed E-state index contributed by atoms with van der Waals surface area (Å²) < 4.78 is 0. The maximum absolute atomic E-state index is 11.9. The van der Waals surface area contributed by atoms with Crippen molar-refractivity contribution in [3.63, 3.8) is 0 Å². The van der Waals surface area contributed by atoms with E-state index in [1.165, 1.54) is 0 Å². The standard InChI is InChI=1S/C12H26N2O/c1-6-10(7-2)9(3)14-11(15)12(4,5)8-13/h9-10H,6-8,13H2,1-5H3,(H,14,15). The van der Waals surface area contributed by atoms with Crippen molar-refractivity contribution in [2.75, 3.05) is 6.54 Å². The lowest BCUT2D eigenvalue weighted by atomic mass is 9.90. The van der Waals surface area contributed by atoms with Gasteiger partial charge in [-0.05, 0) is 26.7 Å². The predicted molar refractivity (Wildman–Crippen MR) is 64.5 cm³/mol. The van der Waals surface area contributed by atoms with Gasteiger partial charge in [0.25, 0.3) is 0 Å². The summed E-state index contributed by atoms with van der Waals surface area (Å²) in [5, 5.41) is 3.05. The third kappa shape index (κ3) is 4.20. The number of nitrogens with one attached hydrogen (secondary N) is 1. The van der Waals surface area contributed by atoms with Crippen LogP contribution in [-0.4, -0.2) is 18.5 Å². The van der Waals surface area contributed by atoms with Crippen molar-refractivity contribution in [1.82, 2.24) is 5.32 Å². The Kier molecular flexibility index (Phi) is 5.88. The zero-order chi connectivity index (χ0) is 12.1. The van der Waals surface area contributed by atoms with Gasteiger partial charge >= 0.3 is 0 Å². The van der Waals surface area contributed by atoms with Gasteiger partial charge in [-0.1, -0.05) is 26.7 Å². The van der Waals surface area contributed by atoms with Crippen LogP contribution in [0.2, 0.25) is 0 Å². The molecule has 0 aromatic carbocycles. The highest BCUT2D eigenvalue weighted by Gasteiger charge is 2.28. The second-order valence-corrected chi connectivity index (χ2v) is 4.93. The molecule has 3 heteroatoms. The largest absolute Gasteiger partial charge is 0.353 e. The number of nitrogens with two attached hydrogens (primary N) is 1. The number of hydrogen-bond donors (Lipinski definition) is 2. The van der Waals surface area contributed by atoms with Gasteiger partial charge in [0.1, 0.15) is 0 Å². The van der Waals surface area contributed by atoms with Gasteiger partial charge in [0.15, 0.2) is 0 Å². The van der Waals surface area contributed by atoms with Crippen molar-refractivity contribution in [3.05, 3.63) is 0 Å². The van der Waals surface area contributed by atoms with Gasteiger partial charge in [0, 0.05) is 12.6 Å². The first-order chi connectivity index (χ1) is 6.88. The summed E-state index contributed by atoms with van der Waals surface area (Å²) in [6, 6.07) is 0.235. The van der Waals surface area contributed by atoms with Gasteiger partial charge in [-0.15, -0.1) is 0 Å². The zero-order valence-corrected chi connectivity index (χ0v) is 10.8. The molecule has 1 amide bonds. The average molecular weight is 214 g/mol. The number of carbonyl (C=O) groups excluding carboxylic acids is 1. The number of amides is 1. The average Bonchev–Trinajstić information content (AvgIpc) is 2.19. The molecule has 0 saturated carbocycles. The Hall–Kier alpha value is -0.570. The van der Waals surface area contributed by atoms with Gasteiger partial charge in [-0.25, -0.2) is 0 Å². The molecule has 0 saturated heterocycles. The normalized spacial score (nSPS) is 14.1. The zero-order valence-electron chi connectivity index (χ0n) is 10.8. The maximum atomic E-state index is 11.9. The summed E-state index contributed by atoms with van der Waals surface area (Å²) in [5.41, 5.74) is 5.11. The van der Waals surface area contributed by atoms with Crippen molar-refractivity contribution in [1.29, 1.82) is 0 Å². The van der Waals surface area contributed by atoms with E-state index in [4.69, 9.17) is 5.73 Å². The quantitative estimate of drug-likeness (QED) is 0.709. The van der Waals surface area contributed by atoms with E-state index in [0.717, 1.165) is 12.8 Å². The molecule has 0 radical (unpaired) electrons. The van der Waals surface area contributed by atoms with Gasteiger partial charge in [0.2, 0.25) is 5.91 Å². The molecular weight excluding hydrogens is 188 g/mol. The molecular formula is C12H26N2O. The number of carbonyl (C=O) groups is 1. The van der Waals surface area contributed by atoms with E-state index in [1.54, 1.807) is 0 Å². The van der Waals surface area contributed by atoms with Crippen LogP contribution in [0.4, 0.5) is 0 Å². The first-order valence-corrected chi connectivity index (χ1v) is 5.90. The van der Waals surface area contributed by atoms with Crippen LogP contribution in [0.15, 0.2) is 0 Å². The minimum Gasteiger partial charge on any atom is -0.353 e. The molecule has 0 aromatic rings. The van der Waals surface area contributed by atoms with E-state index in [1.807, 2.05) is 13.8 Å². The Morgan fingerprint density at radius 2 is 1.80 bits per heavy atom. The third-order valence-corrected chi connectivity index (χ3v) is 3.24. The first-order valence-electron chi connectivity index (χ1n) is 5.90. The summed E-state index contributed by atoms with van der Waals surface area (Å²) in [6.45, 7) is 10.5. The molecule has 0 rings (SSSR count). The molecule has 3 N–H and O–H groups in total. The fourth-order valence-electron chi connectivity index (χ4n) is 1.61. The minimum absolute atomic E-state index is 0.0596. The summed E-state index contributed by atoms with van der Waals surface area (Å²) in [6.07, 6.45) is 2.20. The molecule has 0 fully saturated rings. The Labute approximate surface area is 93.8 Å². The minimum atomic E-state index is -0.458. The van der Waals surface area contributed by atoms with Gasteiger partial charge < -0.3 is 11.1 Å². The van der Waals surface area contributed by atoms with Crippen molar-refractivity contribution in [2.24, 2.45) is 17.1 Å². The molecule has 90 valence electrons. The van der Waals surface area contributed by atoms with Gasteiger partial charge in [-0.3, -0.25) is 4.79 Å². The van der Waals surface area contributed by atoms with Crippen LogP contribution in [0.3, 0.4) is 0 Å². The molecule has 15 heavy (non-hydrogen) atoms. The van der Waals surface area contributed by atoms with Crippen LogP contribution >= 0.6 is 0 Å². The van der Waals surface area contributed by atoms with Gasteiger partial charge in [-0.2, -0.15) is 0 Å². The Morgan fingerprint density at radius 3 is 2.13 bits per heavy atom. The molecule has 3 nitrogen and oxygen atoms in total. The maximum Gasteiger partial charge on any atom is 0.227 e. The topological polar surface area (TPSA) is 55.1 Å². The summed E-state index contributed by atoms with van der Waals surface area (Å²) in [5.74, 6) is 0.618. The van der Waals surface area contributed by atoms with Crippen LogP contribution in [-0.2, 0) is 4.79 Å². The fourth-order valence-corrected chi connectivity index (χ4v) is 1.61. The molecule has 1 atom stereocenters. The lowest BCUT2D eigenvalue weighted by Crippen LogP contribution is -2.47. The lowest BCUT2D eigenvalue weighted by molar-refractivity contribution is -0.129. The summed E-state index contributed by atoms with van der Waals surface area (Å²) in [7, 11) is 0. The third-order valence-electron chi connectivity index (χ3n) is 3.24. The molecule has 0 bridgehead atoms. The van der Waals surface area contributed by atoms with Gasteiger partial charge in [0.05, 0.1) is 5.41 Å². The van der Waals surface area contributed by atoms with Crippen LogP contribution in [0.5, 0.6) is 0 Å². The summed E-state index contributed by atoms with van der Waals surface area (Å²) in [4.78, 5) is 11.9. The monoisotopic (exact) mass is 214 g/mol. The van der Waals surface area contributed by atoms with Crippen molar-refractivity contribution >= 4 is 5.91 Å². The second kappa shape index (κ2) is 6.11. The van der Waals surface area contributed by atoms with Crippen LogP contribution in [0.25, 0.3) is 0 Å². The smallest absolute Gasteiger partial charge is 0.227 e. The predicted octanol–water partition coefficient (Wildman–Crippen LogP) is 1.91. The van der Waals surface area contributed by atoms with E-state index in [9.17, 15) is 4.79 Å². The molecule has 0 heterocycles.